The van der Waals surface area contributed by atoms with Crippen molar-refractivity contribution in [1.82, 2.24) is 0 Å². The van der Waals surface area contributed by atoms with Crippen LogP contribution in [0.25, 0.3) is 0 Å². The lowest BCUT2D eigenvalue weighted by atomic mass is 10.2. The van der Waals surface area contributed by atoms with Crippen molar-refractivity contribution < 1.29 is 17.9 Å². The smallest absolute Gasteiger partial charge is 0.181 e. The van der Waals surface area contributed by atoms with Crippen molar-refractivity contribution in [2.75, 3.05) is 12.4 Å². The molecule has 1 aromatic rings. The highest BCUT2D eigenvalue weighted by Gasteiger charge is 2.35. The van der Waals surface area contributed by atoms with Gasteiger partial charge < -0.3 is 9.47 Å². The van der Waals surface area contributed by atoms with Crippen molar-refractivity contribution in [1.29, 1.82) is 0 Å². The molecule has 5 heteroatoms. The standard InChI is InChI=1S/C13H18O4S/c1-10-4-6-12(7-5-10)18(14,15)9-11-8-16-13(2,3)17-11/h4-7,11H,8-9H2,1-3H3. The number of hydrogen-bond donors (Lipinski definition) is 0. The minimum absolute atomic E-state index is 0.0422. The number of aryl methyl sites for hydroxylation is 1. The second kappa shape index (κ2) is 4.64. The van der Waals surface area contributed by atoms with E-state index in [-0.39, 0.29) is 5.75 Å². The fourth-order valence-electron chi connectivity index (χ4n) is 1.93. The molecule has 1 aromatic carbocycles. The molecule has 1 unspecified atom stereocenters. The number of benzene rings is 1. The fraction of sp³-hybridized carbons (Fsp3) is 0.538. The average Bonchev–Trinajstić information content (AvgIpc) is 2.57. The van der Waals surface area contributed by atoms with Crippen molar-refractivity contribution in [3.05, 3.63) is 29.8 Å². The van der Waals surface area contributed by atoms with Gasteiger partial charge in [-0.1, -0.05) is 17.7 Å². The van der Waals surface area contributed by atoms with Gasteiger partial charge >= 0.3 is 0 Å². The normalized spacial score (nSPS) is 23.2. The molecule has 1 fully saturated rings. The molecule has 1 aliphatic rings. The SMILES string of the molecule is Cc1ccc(S(=O)(=O)CC2COC(C)(C)O2)cc1. The van der Waals surface area contributed by atoms with Gasteiger partial charge in [-0.3, -0.25) is 0 Å². The Morgan fingerprint density at radius 2 is 1.89 bits per heavy atom. The van der Waals surface area contributed by atoms with E-state index in [9.17, 15) is 8.42 Å². The maximum atomic E-state index is 12.2. The summed E-state index contributed by atoms with van der Waals surface area (Å²) >= 11 is 0. The first-order valence-electron chi connectivity index (χ1n) is 5.90. The Balaban J connectivity index is 2.11. The molecule has 0 radical (unpaired) electrons. The van der Waals surface area contributed by atoms with Gasteiger partial charge in [-0.25, -0.2) is 8.42 Å². The summed E-state index contributed by atoms with van der Waals surface area (Å²) in [7, 11) is -3.32. The minimum Gasteiger partial charge on any atom is -0.348 e. The summed E-state index contributed by atoms with van der Waals surface area (Å²) in [6, 6.07) is 6.85. The van der Waals surface area contributed by atoms with Gasteiger partial charge in [0.25, 0.3) is 0 Å². The van der Waals surface area contributed by atoms with Crippen LogP contribution in [0.4, 0.5) is 0 Å². The van der Waals surface area contributed by atoms with Crippen LogP contribution in [0.15, 0.2) is 29.2 Å². The molecule has 0 aromatic heterocycles. The van der Waals surface area contributed by atoms with E-state index in [0.717, 1.165) is 5.56 Å². The summed E-state index contributed by atoms with van der Waals surface area (Å²) in [5, 5.41) is 0. The summed E-state index contributed by atoms with van der Waals surface area (Å²) in [4.78, 5) is 0.335. The number of sulfone groups is 1. The van der Waals surface area contributed by atoms with Gasteiger partial charge in [0.05, 0.1) is 23.4 Å². The first-order chi connectivity index (χ1) is 8.28. The molecule has 4 nitrogen and oxygen atoms in total. The Labute approximate surface area is 108 Å². The van der Waals surface area contributed by atoms with E-state index in [1.807, 2.05) is 6.92 Å². The summed E-state index contributed by atoms with van der Waals surface area (Å²) < 4.78 is 35.2. The van der Waals surface area contributed by atoms with Crippen LogP contribution in [-0.4, -0.2) is 32.7 Å². The van der Waals surface area contributed by atoms with Gasteiger partial charge in [-0.15, -0.1) is 0 Å². The molecule has 0 aliphatic carbocycles. The van der Waals surface area contributed by atoms with E-state index < -0.39 is 21.7 Å². The topological polar surface area (TPSA) is 52.6 Å². The van der Waals surface area contributed by atoms with Gasteiger partial charge in [0.1, 0.15) is 0 Å². The van der Waals surface area contributed by atoms with Crippen LogP contribution in [0.5, 0.6) is 0 Å². The molecular weight excluding hydrogens is 252 g/mol. The van der Waals surface area contributed by atoms with Crippen LogP contribution < -0.4 is 0 Å². The molecule has 2 rings (SSSR count). The van der Waals surface area contributed by atoms with Crippen LogP contribution in [0.2, 0.25) is 0 Å². The lowest BCUT2D eigenvalue weighted by Gasteiger charge is -2.17. The maximum Gasteiger partial charge on any atom is 0.181 e. The van der Waals surface area contributed by atoms with Crippen LogP contribution in [0, 0.1) is 6.92 Å². The molecule has 1 saturated heterocycles. The largest absolute Gasteiger partial charge is 0.348 e. The van der Waals surface area contributed by atoms with Gasteiger partial charge in [0.2, 0.25) is 0 Å². The van der Waals surface area contributed by atoms with Crippen LogP contribution in [0.3, 0.4) is 0 Å². The number of ether oxygens (including phenoxy) is 2. The second-order valence-corrected chi connectivity index (χ2v) is 7.08. The van der Waals surface area contributed by atoms with Crippen molar-refractivity contribution in [3.63, 3.8) is 0 Å². The first-order valence-corrected chi connectivity index (χ1v) is 7.55. The molecule has 0 saturated carbocycles. The van der Waals surface area contributed by atoms with E-state index in [2.05, 4.69) is 0 Å². The number of rotatable bonds is 3. The van der Waals surface area contributed by atoms with E-state index in [1.165, 1.54) is 0 Å². The van der Waals surface area contributed by atoms with E-state index >= 15 is 0 Å². The number of hydrogen-bond acceptors (Lipinski definition) is 4. The highest BCUT2D eigenvalue weighted by atomic mass is 32.2. The highest BCUT2D eigenvalue weighted by Crippen LogP contribution is 2.24. The third-order valence-electron chi connectivity index (χ3n) is 2.85. The zero-order valence-electron chi connectivity index (χ0n) is 10.8. The zero-order valence-corrected chi connectivity index (χ0v) is 11.7. The summed E-state index contributed by atoms with van der Waals surface area (Å²) in [5.41, 5.74) is 1.04. The molecule has 0 bridgehead atoms. The maximum absolute atomic E-state index is 12.2. The van der Waals surface area contributed by atoms with Gasteiger partial charge in [-0.2, -0.15) is 0 Å². The van der Waals surface area contributed by atoms with Gasteiger partial charge in [-0.05, 0) is 32.9 Å². The van der Waals surface area contributed by atoms with Crippen LogP contribution in [0.1, 0.15) is 19.4 Å². The molecule has 1 atom stereocenters. The monoisotopic (exact) mass is 270 g/mol. The van der Waals surface area contributed by atoms with Gasteiger partial charge in [0.15, 0.2) is 15.6 Å². The highest BCUT2D eigenvalue weighted by molar-refractivity contribution is 7.91. The van der Waals surface area contributed by atoms with Gasteiger partial charge in [0, 0.05) is 0 Å². The van der Waals surface area contributed by atoms with Crippen LogP contribution >= 0.6 is 0 Å². The van der Waals surface area contributed by atoms with E-state index in [1.54, 1.807) is 38.1 Å². The molecule has 0 spiro atoms. The van der Waals surface area contributed by atoms with Crippen molar-refractivity contribution in [2.24, 2.45) is 0 Å². The average molecular weight is 270 g/mol. The minimum atomic E-state index is -3.32. The predicted molar refractivity (Wildman–Crippen MR) is 68.1 cm³/mol. The zero-order chi connectivity index (χ0) is 13.4. The van der Waals surface area contributed by atoms with Crippen molar-refractivity contribution in [3.8, 4) is 0 Å². The van der Waals surface area contributed by atoms with E-state index in [0.29, 0.717) is 11.5 Å². The lowest BCUT2D eigenvalue weighted by molar-refractivity contribution is -0.135. The Kier molecular flexibility index (Phi) is 3.49. The lowest BCUT2D eigenvalue weighted by Crippen LogP contribution is -2.26. The Bertz CT molecular complexity index is 516. The third-order valence-corrected chi connectivity index (χ3v) is 4.65. The summed E-state index contributed by atoms with van der Waals surface area (Å²) in [5.74, 6) is -0.729. The molecular formula is C13H18O4S. The molecule has 18 heavy (non-hydrogen) atoms. The third kappa shape index (κ3) is 3.10. The fourth-order valence-corrected chi connectivity index (χ4v) is 3.33. The molecule has 1 aliphatic heterocycles. The second-order valence-electron chi connectivity index (χ2n) is 5.05. The quantitative estimate of drug-likeness (QED) is 0.842. The van der Waals surface area contributed by atoms with E-state index in [4.69, 9.17) is 9.47 Å². The summed E-state index contributed by atoms with van der Waals surface area (Å²) in [6.07, 6.45) is -0.397. The van der Waals surface area contributed by atoms with Crippen LogP contribution in [-0.2, 0) is 19.3 Å². The molecule has 0 amide bonds. The predicted octanol–water partition coefficient (Wildman–Crippen LogP) is 1.92. The van der Waals surface area contributed by atoms with Crippen molar-refractivity contribution >= 4 is 9.84 Å². The molecule has 0 N–H and O–H groups in total. The van der Waals surface area contributed by atoms with Crippen molar-refractivity contribution in [2.45, 2.75) is 37.6 Å². The Morgan fingerprint density at radius 1 is 1.28 bits per heavy atom. The Morgan fingerprint density at radius 3 is 2.39 bits per heavy atom. The first kappa shape index (κ1) is 13.5. The molecule has 100 valence electrons. The molecule has 1 heterocycles. The summed E-state index contributed by atoms with van der Waals surface area (Å²) in [6.45, 7) is 5.81. The Hall–Kier alpha value is -0.910.